The summed E-state index contributed by atoms with van der Waals surface area (Å²) in [6.45, 7) is 1.79. The van der Waals surface area contributed by atoms with E-state index in [1.54, 1.807) is 24.7 Å². The number of methoxy groups -OCH3 is 1. The normalized spacial score (nSPS) is 15.5. The van der Waals surface area contributed by atoms with Gasteiger partial charge in [0.15, 0.2) is 8.57 Å². The van der Waals surface area contributed by atoms with Crippen molar-refractivity contribution in [3.63, 3.8) is 0 Å². The summed E-state index contributed by atoms with van der Waals surface area (Å²) in [6, 6.07) is 19.6. The van der Waals surface area contributed by atoms with E-state index in [2.05, 4.69) is 32.9 Å². The molecule has 0 radical (unpaired) electrons. The summed E-state index contributed by atoms with van der Waals surface area (Å²) in [5.41, 5.74) is 2.11. The molecule has 176 valence electrons. The number of anilines is 1. The van der Waals surface area contributed by atoms with Crippen LogP contribution < -0.4 is 24.9 Å². The molecule has 0 saturated carbocycles. The van der Waals surface area contributed by atoms with Crippen LogP contribution in [0.1, 0.15) is 24.3 Å². The van der Waals surface area contributed by atoms with Gasteiger partial charge < -0.3 is 14.5 Å². The number of rotatable bonds is 5. The summed E-state index contributed by atoms with van der Waals surface area (Å²) in [4.78, 5) is 32.4. The second kappa shape index (κ2) is 9.67. The minimum atomic E-state index is -0.677. The molecule has 2 aromatic carbocycles. The monoisotopic (exact) mass is 597 g/mol. The highest BCUT2D eigenvalue weighted by molar-refractivity contribution is 14.1. The fraction of sp³-hybridized carbons (Fsp3) is 0.115. The maximum Gasteiger partial charge on any atom is 0.271 e. The van der Waals surface area contributed by atoms with Crippen molar-refractivity contribution in [3.8, 4) is 5.75 Å². The Morgan fingerprint density at radius 2 is 1.97 bits per heavy atom. The van der Waals surface area contributed by atoms with Crippen LogP contribution in [-0.2, 0) is 4.79 Å². The summed E-state index contributed by atoms with van der Waals surface area (Å²) in [7, 11) is 1.58. The number of halogens is 1. The first-order valence-electron chi connectivity index (χ1n) is 10.7. The van der Waals surface area contributed by atoms with Gasteiger partial charge in [0.1, 0.15) is 11.5 Å². The number of thiazole rings is 1. The first-order chi connectivity index (χ1) is 16.9. The molecule has 0 unspecified atom stereocenters. The zero-order valence-corrected chi connectivity index (χ0v) is 21.8. The van der Waals surface area contributed by atoms with Gasteiger partial charge in [-0.25, -0.2) is 4.99 Å². The fourth-order valence-corrected chi connectivity index (χ4v) is 5.45. The van der Waals surface area contributed by atoms with Crippen LogP contribution in [0, 0.1) is 3.77 Å². The van der Waals surface area contributed by atoms with E-state index in [0.29, 0.717) is 37.8 Å². The van der Waals surface area contributed by atoms with Gasteiger partial charge in [0.05, 0.1) is 29.0 Å². The molecule has 3 heterocycles. The maximum absolute atomic E-state index is 13.6. The molecule has 1 aliphatic heterocycles. The molecule has 1 aliphatic rings. The summed E-state index contributed by atoms with van der Waals surface area (Å²) < 4.78 is 13.8. The lowest BCUT2D eigenvalue weighted by Crippen LogP contribution is -2.40. The Morgan fingerprint density at radius 3 is 2.69 bits per heavy atom. The molecule has 2 aromatic heterocycles. The highest BCUT2D eigenvalue weighted by Crippen LogP contribution is 2.32. The van der Waals surface area contributed by atoms with E-state index in [-0.39, 0.29) is 11.5 Å². The Hall–Kier alpha value is -3.44. The Labute approximate surface area is 218 Å². The van der Waals surface area contributed by atoms with Crippen LogP contribution in [0.15, 0.2) is 92.2 Å². The van der Waals surface area contributed by atoms with Crippen LogP contribution in [0.2, 0.25) is 0 Å². The zero-order valence-electron chi connectivity index (χ0n) is 18.8. The van der Waals surface area contributed by atoms with Gasteiger partial charge in [-0.05, 0) is 71.5 Å². The SMILES string of the molecule is COc1cccc([C@H]2C(C(=O)Nc3ccccc3)=C(C)N=c3s/c(=C\c4ccc(I)o4)c(=O)n32)c1. The lowest BCUT2D eigenvalue weighted by molar-refractivity contribution is -0.113. The van der Waals surface area contributed by atoms with Gasteiger partial charge in [-0.1, -0.05) is 41.7 Å². The van der Waals surface area contributed by atoms with Gasteiger partial charge >= 0.3 is 0 Å². The van der Waals surface area contributed by atoms with E-state index in [0.717, 1.165) is 9.33 Å². The van der Waals surface area contributed by atoms with Crippen molar-refractivity contribution in [2.45, 2.75) is 13.0 Å². The summed E-state index contributed by atoms with van der Waals surface area (Å²) in [5.74, 6) is 0.891. The number of ether oxygens (including phenoxy) is 1. The number of para-hydroxylation sites is 1. The number of carbonyl (C=O) groups is 1. The van der Waals surface area contributed by atoms with Crippen LogP contribution in [0.4, 0.5) is 5.69 Å². The Kier molecular flexibility index (Phi) is 6.44. The van der Waals surface area contributed by atoms with Gasteiger partial charge in [0.2, 0.25) is 0 Å². The molecule has 0 fully saturated rings. The largest absolute Gasteiger partial charge is 0.497 e. The molecule has 35 heavy (non-hydrogen) atoms. The highest BCUT2D eigenvalue weighted by atomic mass is 127. The third-order valence-electron chi connectivity index (χ3n) is 5.57. The predicted octanol–water partition coefficient (Wildman–Crippen LogP) is 4.08. The van der Waals surface area contributed by atoms with E-state index < -0.39 is 6.04 Å². The van der Waals surface area contributed by atoms with Gasteiger partial charge in [-0.2, -0.15) is 0 Å². The van der Waals surface area contributed by atoms with E-state index in [4.69, 9.17) is 9.15 Å². The number of benzene rings is 2. The molecule has 9 heteroatoms. The van der Waals surface area contributed by atoms with Gasteiger partial charge in [-0.15, -0.1) is 0 Å². The summed E-state index contributed by atoms with van der Waals surface area (Å²) in [6.07, 6.45) is 1.71. The van der Waals surface area contributed by atoms with Crippen molar-refractivity contribution >= 4 is 51.6 Å². The van der Waals surface area contributed by atoms with Crippen LogP contribution in [0.5, 0.6) is 5.75 Å². The van der Waals surface area contributed by atoms with Crippen LogP contribution >= 0.6 is 33.9 Å². The van der Waals surface area contributed by atoms with Gasteiger partial charge in [-0.3, -0.25) is 14.2 Å². The minimum Gasteiger partial charge on any atom is -0.497 e. The first-order valence-corrected chi connectivity index (χ1v) is 12.6. The Morgan fingerprint density at radius 1 is 1.17 bits per heavy atom. The summed E-state index contributed by atoms with van der Waals surface area (Å²) in [5, 5.41) is 2.95. The quantitative estimate of drug-likeness (QED) is 0.352. The highest BCUT2D eigenvalue weighted by Gasteiger charge is 2.32. The van der Waals surface area contributed by atoms with Crippen molar-refractivity contribution in [2.24, 2.45) is 4.99 Å². The number of furan rings is 1. The molecular formula is C26H20IN3O4S. The fourth-order valence-electron chi connectivity index (χ4n) is 3.99. The zero-order chi connectivity index (χ0) is 24.5. The first kappa shape index (κ1) is 23.3. The third kappa shape index (κ3) is 4.61. The number of nitrogens with one attached hydrogen (secondary N) is 1. The molecule has 4 aromatic rings. The molecule has 0 saturated heterocycles. The molecular weight excluding hydrogens is 577 g/mol. The average Bonchev–Trinajstić information content (AvgIpc) is 3.40. The van der Waals surface area contributed by atoms with Crippen LogP contribution in [0.3, 0.4) is 0 Å². The van der Waals surface area contributed by atoms with Crippen LogP contribution in [-0.4, -0.2) is 17.6 Å². The topological polar surface area (TPSA) is 85.8 Å². The Balaban J connectivity index is 1.69. The lowest BCUT2D eigenvalue weighted by Gasteiger charge is -2.25. The number of hydrogen-bond donors (Lipinski definition) is 1. The molecule has 0 bridgehead atoms. The van der Waals surface area contributed by atoms with E-state index in [1.807, 2.05) is 66.7 Å². The summed E-state index contributed by atoms with van der Waals surface area (Å²) >= 11 is 3.34. The van der Waals surface area contributed by atoms with Crippen molar-refractivity contribution < 1.29 is 13.9 Å². The van der Waals surface area contributed by atoms with Crippen molar-refractivity contribution in [3.05, 3.63) is 113 Å². The van der Waals surface area contributed by atoms with Gasteiger partial charge in [0, 0.05) is 11.8 Å². The van der Waals surface area contributed by atoms with E-state index in [1.165, 1.54) is 11.3 Å². The van der Waals surface area contributed by atoms with Crippen molar-refractivity contribution in [1.29, 1.82) is 0 Å². The molecule has 0 aliphatic carbocycles. The minimum absolute atomic E-state index is 0.245. The lowest BCUT2D eigenvalue weighted by atomic mass is 9.95. The second-order valence-corrected chi connectivity index (χ2v) is 9.89. The smallest absolute Gasteiger partial charge is 0.271 e. The molecule has 1 N–H and O–H groups in total. The standard InChI is InChI=1S/C26H20IN3O4S/c1-15-22(24(31)29-17-8-4-3-5-9-17)23(16-7-6-10-18(13-16)33-2)30-25(32)20(35-26(30)28-15)14-19-11-12-21(27)34-19/h3-14,23H,1-2H3,(H,29,31)/b20-14-/t23-/m0/s1. The van der Waals surface area contributed by atoms with Crippen LogP contribution in [0.25, 0.3) is 6.08 Å². The van der Waals surface area contributed by atoms with Crippen molar-refractivity contribution in [1.82, 2.24) is 4.57 Å². The number of nitrogens with zero attached hydrogens (tertiary/aromatic N) is 2. The maximum atomic E-state index is 13.6. The molecule has 1 atom stereocenters. The predicted molar refractivity (Wildman–Crippen MR) is 143 cm³/mol. The molecule has 7 nitrogen and oxygen atoms in total. The average molecular weight is 597 g/mol. The number of hydrogen-bond acceptors (Lipinski definition) is 6. The van der Waals surface area contributed by atoms with Crippen molar-refractivity contribution in [2.75, 3.05) is 12.4 Å². The van der Waals surface area contributed by atoms with Gasteiger partial charge in [0.25, 0.3) is 11.5 Å². The number of allylic oxidation sites excluding steroid dienone is 1. The molecule has 5 rings (SSSR count). The number of fused-ring (bicyclic) bond motifs is 1. The molecule has 1 amide bonds. The Bertz CT molecular complexity index is 1630. The van der Waals surface area contributed by atoms with E-state index in [9.17, 15) is 9.59 Å². The number of aromatic nitrogens is 1. The number of carbonyl (C=O) groups excluding carboxylic acids is 1. The third-order valence-corrected chi connectivity index (χ3v) is 7.14. The van der Waals surface area contributed by atoms with E-state index >= 15 is 0 Å². The second-order valence-electron chi connectivity index (χ2n) is 7.82. The number of amides is 1. The molecule has 0 spiro atoms.